The second kappa shape index (κ2) is 11.2. The lowest BCUT2D eigenvalue weighted by molar-refractivity contribution is -0.136. The Balaban J connectivity index is 1.73. The zero-order valence-electron chi connectivity index (χ0n) is 20.1. The minimum absolute atomic E-state index is 0.0884. The summed E-state index contributed by atoms with van der Waals surface area (Å²) in [4.78, 5) is 37.5. The predicted molar refractivity (Wildman–Crippen MR) is 135 cm³/mol. The molecule has 0 bridgehead atoms. The summed E-state index contributed by atoms with van der Waals surface area (Å²) in [7, 11) is 1.35. The van der Waals surface area contributed by atoms with Crippen LogP contribution in [0.2, 0.25) is 0 Å². The van der Waals surface area contributed by atoms with E-state index in [1.54, 1.807) is 18.2 Å². The summed E-state index contributed by atoms with van der Waals surface area (Å²) in [6.45, 7) is 1.99. The minimum Gasteiger partial charge on any atom is -0.481 e. The van der Waals surface area contributed by atoms with E-state index in [0.29, 0.717) is 41.6 Å². The molecule has 0 fully saturated rings. The van der Waals surface area contributed by atoms with Crippen molar-refractivity contribution in [2.75, 3.05) is 12.4 Å². The van der Waals surface area contributed by atoms with Crippen molar-refractivity contribution in [3.63, 3.8) is 0 Å². The molecule has 0 saturated carbocycles. The highest BCUT2D eigenvalue weighted by atomic mass is 16.5. The molecule has 8 nitrogen and oxygen atoms in total. The van der Waals surface area contributed by atoms with E-state index in [0.717, 1.165) is 22.4 Å². The average molecular weight is 483 g/mol. The minimum atomic E-state index is -0.903. The Kier molecular flexibility index (Phi) is 7.65. The first-order valence-corrected chi connectivity index (χ1v) is 11.4. The number of aryl methyl sites for hydroxylation is 1. The number of ether oxygens (including phenoxy) is 1. The first-order chi connectivity index (χ1) is 17.4. The molecule has 3 aromatic carbocycles. The van der Waals surface area contributed by atoms with Crippen LogP contribution in [-0.2, 0) is 28.8 Å². The number of methoxy groups -OCH3 is 1. The number of aliphatic carboxylic acids is 1. The second-order valence-electron chi connectivity index (χ2n) is 8.27. The largest absolute Gasteiger partial charge is 0.481 e. The Morgan fingerprint density at radius 2 is 1.39 bits per heavy atom. The SMILES string of the molecule is COC(=O)c1ccccc1Cc1nc(Cc2ccccc2CC(=O)O)nc(Nc2ccccc2C)n1. The van der Waals surface area contributed by atoms with Crippen LogP contribution < -0.4 is 5.32 Å². The molecule has 182 valence electrons. The number of carbonyl (C=O) groups excluding carboxylic acids is 1. The van der Waals surface area contributed by atoms with Crippen molar-refractivity contribution in [1.29, 1.82) is 0 Å². The molecule has 0 spiro atoms. The fourth-order valence-corrected chi connectivity index (χ4v) is 3.91. The van der Waals surface area contributed by atoms with Gasteiger partial charge in [-0.2, -0.15) is 9.97 Å². The van der Waals surface area contributed by atoms with Gasteiger partial charge in [0, 0.05) is 18.5 Å². The Hall–Kier alpha value is -4.59. The number of nitrogens with one attached hydrogen (secondary N) is 1. The van der Waals surface area contributed by atoms with E-state index in [9.17, 15) is 14.7 Å². The molecule has 0 amide bonds. The molecule has 0 saturated heterocycles. The number of nitrogens with zero attached hydrogens (tertiary/aromatic N) is 3. The third-order valence-electron chi connectivity index (χ3n) is 5.70. The fraction of sp³-hybridized carbons (Fsp3) is 0.179. The molecule has 36 heavy (non-hydrogen) atoms. The molecule has 4 aromatic rings. The standard InChI is InChI=1S/C28H26N4O4/c1-18-9-3-8-14-23(18)29-28-31-24(15-19-10-4-5-11-20(19)17-26(33)34)30-25(32-28)16-21-12-6-7-13-22(21)27(35)36-2/h3-14H,15-17H2,1-2H3,(H,33,34)(H,29,30,31,32). The first-order valence-electron chi connectivity index (χ1n) is 11.4. The van der Waals surface area contributed by atoms with E-state index < -0.39 is 11.9 Å². The molecule has 0 radical (unpaired) electrons. The molecule has 0 unspecified atom stereocenters. The van der Waals surface area contributed by atoms with E-state index >= 15 is 0 Å². The van der Waals surface area contributed by atoms with E-state index in [-0.39, 0.29) is 6.42 Å². The Morgan fingerprint density at radius 1 is 0.806 bits per heavy atom. The first kappa shape index (κ1) is 24.5. The zero-order valence-corrected chi connectivity index (χ0v) is 20.1. The highest BCUT2D eigenvalue weighted by molar-refractivity contribution is 5.91. The van der Waals surface area contributed by atoms with Crippen molar-refractivity contribution in [3.8, 4) is 0 Å². The van der Waals surface area contributed by atoms with Crippen molar-refractivity contribution in [3.05, 3.63) is 112 Å². The van der Waals surface area contributed by atoms with E-state index in [1.165, 1.54) is 7.11 Å². The summed E-state index contributed by atoms with van der Waals surface area (Å²) in [5, 5.41) is 12.6. The number of carboxylic acid groups (broad SMARTS) is 1. The van der Waals surface area contributed by atoms with Crippen LogP contribution in [0, 0.1) is 6.92 Å². The van der Waals surface area contributed by atoms with Gasteiger partial charge in [0.05, 0.1) is 19.1 Å². The van der Waals surface area contributed by atoms with Crippen LogP contribution in [0.1, 0.15) is 44.3 Å². The molecule has 0 atom stereocenters. The van der Waals surface area contributed by atoms with Gasteiger partial charge in [0.15, 0.2) is 0 Å². The van der Waals surface area contributed by atoms with Crippen LogP contribution in [-0.4, -0.2) is 39.1 Å². The number of esters is 1. The van der Waals surface area contributed by atoms with Crippen molar-refractivity contribution in [2.24, 2.45) is 0 Å². The number of hydrogen-bond acceptors (Lipinski definition) is 7. The summed E-state index contributed by atoms with van der Waals surface area (Å²) in [6, 6.07) is 22.3. The number of para-hydroxylation sites is 1. The summed E-state index contributed by atoms with van der Waals surface area (Å²) in [5.41, 5.74) is 4.60. The van der Waals surface area contributed by atoms with Crippen LogP contribution in [0.5, 0.6) is 0 Å². The molecule has 0 aliphatic rings. The molecule has 1 heterocycles. The monoisotopic (exact) mass is 482 g/mol. The van der Waals surface area contributed by atoms with Gasteiger partial charge in [-0.05, 0) is 41.3 Å². The maximum atomic E-state index is 12.3. The number of hydrogen-bond donors (Lipinski definition) is 2. The summed E-state index contributed by atoms with van der Waals surface area (Å²) in [5.74, 6) is 0.00374. The Bertz CT molecular complexity index is 1400. The lowest BCUT2D eigenvalue weighted by atomic mass is 10.0. The zero-order chi connectivity index (χ0) is 25.5. The number of carbonyl (C=O) groups is 2. The number of rotatable bonds is 9. The van der Waals surface area contributed by atoms with Gasteiger partial charge in [0.2, 0.25) is 5.95 Å². The normalized spacial score (nSPS) is 10.6. The maximum Gasteiger partial charge on any atom is 0.338 e. The molecule has 1 aromatic heterocycles. The van der Waals surface area contributed by atoms with E-state index in [1.807, 2.05) is 61.5 Å². The molecule has 8 heteroatoms. The second-order valence-corrected chi connectivity index (χ2v) is 8.27. The highest BCUT2D eigenvalue weighted by Crippen LogP contribution is 2.21. The van der Waals surface area contributed by atoms with Crippen LogP contribution in [0.15, 0.2) is 72.8 Å². The van der Waals surface area contributed by atoms with Crippen molar-refractivity contribution in [2.45, 2.75) is 26.2 Å². The van der Waals surface area contributed by atoms with Gasteiger partial charge in [-0.3, -0.25) is 4.79 Å². The average Bonchev–Trinajstić information content (AvgIpc) is 2.86. The lowest BCUT2D eigenvalue weighted by Gasteiger charge is -2.13. The Morgan fingerprint density at radius 3 is 2.06 bits per heavy atom. The van der Waals surface area contributed by atoms with E-state index in [4.69, 9.17) is 4.74 Å². The summed E-state index contributed by atoms with van der Waals surface area (Å²) >= 11 is 0. The number of carboxylic acids is 1. The molecule has 2 N–H and O–H groups in total. The van der Waals surface area contributed by atoms with Crippen molar-refractivity contribution < 1.29 is 19.4 Å². The van der Waals surface area contributed by atoms with Gasteiger partial charge >= 0.3 is 11.9 Å². The smallest absolute Gasteiger partial charge is 0.338 e. The Labute approximate surface area is 209 Å². The topological polar surface area (TPSA) is 114 Å². The number of benzene rings is 3. The van der Waals surface area contributed by atoms with Gasteiger partial charge in [0.1, 0.15) is 11.6 Å². The van der Waals surface area contributed by atoms with Gasteiger partial charge in [-0.15, -0.1) is 0 Å². The van der Waals surface area contributed by atoms with Gasteiger partial charge in [-0.25, -0.2) is 9.78 Å². The van der Waals surface area contributed by atoms with Crippen LogP contribution in [0.3, 0.4) is 0 Å². The fourth-order valence-electron chi connectivity index (χ4n) is 3.91. The summed E-state index contributed by atoms with van der Waals surface area (Å²) < 4.78 is 4.93. The third kappa shape index (κ3) is 6.09. The third-order valence-corrected chi connectivity index (χ3v) is 5.70. The van der Waals surface area contributed by atoms with Crippen molar-refractivity contribution in [1.82, 2.24) is 15.0 Å². The summed E-state index contributed by atoms with van der Waals surface area (Å²) in [6.07, 6.45) is 0.537. The van der Waals surface area contributed by atoms with Gasteiger partial charge < -0.3 is 15.2 Å². The van der Waals surface area contributed by atoms with Crippen LogP contribution in [0.4, 0.5) is 11.6 Å². The van der Waals surface area contributed by atoms with Gasteiger partial charge in [-0.1, -0.05) is 60.7 Å². The van der Waals surface area contributed by atoms with Crippen LogP contribution in [0.25, 0.3) is 0 Å². The molecule has 0 aliphatic carbocycles. The van der Waals surface area contributed by atoms with E-state index in [2.05, 4.69) is 20.3 Å². The number of aromatic nitrogens is 3. The van der Waals surface area contributed by atoms with Crippen LogP contribution >= 0.6 is 0 Å². The highest BCUT2D eigenvalue weighted by Gasteiger charge is 2.16. The lowest BCUT2D eigenvalue weighted by Crippen LogP contribution is -2.12. The molecule has 0 aliphatic heterocycles. The predicted octanol–water partition coefficient (Wildman–Crippen LogP) is 4.52. The molecule has 4 rings (SSSR count). The molecular formula is C28H26N4O4. The van der Waals surface area contributed by atoms with Crippen molar-refractivity contribution >= 4 is 23.6 Å². The number of anilines is 2. The van der Waals surface area contributed by atoms with Gasteiger partial charge in [0.25, 0.3) is 0 Å². The maximum absolute atomic E-state index is 12.3. The quantitative estimate of drug-likeness (QED) is 0.335. The molecular weight excluding hydrogens is 456 g/mol.